The van der Waals surface area contributed by atoms with Gasteiger partial charge in [-0.2, -0.15) is 5.10 Å². The molecular formula is C19H17N3O. The van der Waals surface area contributed by atoms with Crippen molar-refractivity contribution < 1.29 is 4.79 Å². The highest BCUT2D eigenvalue weighted by atomic mass is 16.2. The minimum absolute atomic E-state index is 0.135. The number of amides is 1. The van der Waals surface area contributed by atoms with Crippen molar-refractivity contribution in [2.75, 3.05) is 0 Å². The van der Waals surface area contributed by atoms with Gasteiger partial charge < -0.3 is 0 Å². The van der Waals surface area contributed by atoms with Crippen molar-refractivity contribution >= 4 is 22.4 Å². The predicted octanol–water partition coefficient (Wildman–Crippen LogP) is 3.32. The summed E-state index contributed by atoms with van der Waals surface area (Å²) in [6.45, 7) is 1.84. The first-order valence-corrected chi connectivity index (χ1v) is 7.44. The fourth-order valence-electron chi connectivity index (χ4n) is 2.45. The number of hydrogen-bond donors (Lipinski definition) is 1. The summed E-state index contributed by atoms with van der Waals surface area (Å²) in [4.78, 5) is 16.2. The molecule has 0 atom stereocenters. The van der Waals surface area contributed by atoms with Gasteiger partial charge in [-0.1, -0.05) is 48.5 Å². The molecule has 0 unspecified atom stereocenters. The highest BCUT2D eigenvalue weighted by molar-refractivity contribution is 5.99. The Hall–Kier alpha value is -3.01. The normalized spacial score (nSPS) is 11.4. The van der Waals surface area contributed by atoms with Gasteiger partial charge in [0.1, 0.15) is 0 Å². The highest BCUT2D eigenvalue weighted by Crippen LogP contribution is 2.18. The fraction of sp³-hybridized carbons (Fsp3) is 0.105. The Labute approximate surface area is 134 Å². The molecule has 0 aliphatic heterocycles. The standard InChI is InChI=1S/C19H17N3O/c1-14(17-9-5-11-20-13-17)21-22-19(23)12-16-8-4-7-15-6-2-3-10-18(15)16/h2-11,13H,12H2,1H3,(H,22,23). The Morgan fingerprint density at radius 3 is 2.74 bits per heavy atom. The Morgan fingerprint density at radius 1 is 1.09 bits per heavy atom. The summed E-state index contributed by atoms with van der Waals surface area (Å²) in [6.07, 6.45) is 3.72. The second-order valence-electron chi connectivity index (χ2n) is 5.29. The molecule has 4 nitrogen and oxygen atoms in total. The van der Waals surface area contributed by atoms with E-state index in [1.807, 2.05) is 61.5 Å². The fourth-order valence-corrected chi connectivity index (χ4v) is 2.45. The first-order chi connectivity index (χ1) is 11.2. The molecule has 0 fully saturated rings. The van der Waals surface area contributed by atoms with Gasteiger partial charge in [0.2, 0.25) is 5.91 Å². The molecule has 1 N–H and O–H groups in total. The first kappa shape index (κ1) is 14.9. The third-order valence-corrected chi connectivity index (χ3v) is 3.66. The molecule has 0 aliphatic carbocycles. The summed E-state index contributed by atoms with van der Waals surface area (Å²) in [5, 5.41) is 6.38. The Bertz CT molecular complexity index is 851. The number of benzene rings is 2. The number of carbonyl (C=O) groups is 1. The molecule has 1 amide bonds. The van der Waals surface area contributed by atoms with E-state index in [1.54, 1.807) is 12.4 Å². The molecule has 0 radical (unpaired) electrons. The molecule has 23 heavy (non-hydrogen) atoms. The van der Waals surface area contributed by atoms with E-state index in [4.69, 9.17) is 0 Å². The molecule has 4 heteroatoms. The van der Waals surface area contributed by atoms with Crippen LogP contribution < -0.4 is 5.43 Å². The van der Waals surface area contributed by atoms with E-state index in [0.717, 1.165) is 27.6 Å². The van der Waals surface area contributed by atoms with E-state index in [9.17, 15) is 4.79 Å². The van der Waals surface area contributed by atoms with Gasteiger partial charge in [0.15, 0.2) is 0 Å². The number of fused-ring (bicyclic) bond motifs is 1. The monoisotopic (exact) mass is 303 g/mol. The largest absolute Gasteiger partial charge is 0.273 e. The van der Waals surface area contributed by atoms with E-state index in [-0.39, 0.29) is 5.91 Å². The lowest BCUT2D eigenvalue weighted by Gasteiger charge is -2.06. The average Bonchev–Trinajstić information content (AvgIpc) is 2.61. The zero-order valence-electron chi connectivity index (χ0n) is 12.9. The first-order valence-electron chi connectivity index (χ1n) is 7.44. The van der Waals surface area contributed by atoms with E-state index >= 15 is 0 Å². The maximum atomic E-state index is 12.2. The quantitative estimate of drug-likeness (QED) is 0.594. The number of hydrazone groups is 1. The Balaban J connectivity index is 1.72. The van der Waals surface area contributed by atoms with Crippen molar-refractivity contribution in [3.63, 3.8) is 0 Å². The Kier molecular flexibility index (Phi) is 4.43. The SMILES string of the molecule is CC(=NNC(=O)Cc1cccc2ccccc12)c1cccnc1. The van der Waals surface area contributed by atoms with Crippen molar-refractivity contribution in [1.82, 2.24) is 10.4 Å². The van der Waals surface area contributed by atoms with Crippen LogP contribution in [0.1, 0.15) is 18.1 Å². The average molecular weight is 303 g/mol. The Morgan fingerprint density at radius 2 is 1.91 bits per heavy atom. The van der Waals surface area contributed by atoms with Crippen LogP contribution in [0.15, 0.2) is 72.1 Å². The van der Waals surface area contributed by atoms with Crippen LogP contribution in [0.3, 0.4) is 0 Å². The van der Waals surface area contributed by atoms with Crippen molar-refractivity contribution in [1.29, 1.82) is 0 Å². The summed E-state index contributed by atoms with van der Waals surface area (Å²) in [7, 11) is 0. The molecule has 3 rings (SSSR count). The lowest BCUT2D eigenvalue weighted by Crippen LogP contribution is -2.21. The van der Waals surface area contributed by atoms with Crippen LogP contribution in [0, 0.1) is 0 Å². The van der Waals surface area contributed by atoms with E-state index in [1.165, 1.54) is 0 Å². The smallest absolute Gasteiger partial charge is 0.244 e. The molecule has 114 valence electrons. The minimum atomic E-state index is -0.135. The van der Waals surface area contributed by atoms with Gasteiger partial charge in [-0.05, 0) is 29.3 Å². The van der Waals surface area contributed by atoms with Crippen LogP contribution in [0.25, 0.3) is 10.8 Å². The third kappa shape index (κ3) is 3.61. The van der Waals surface area contributed by atoms with Crippen LogP contribution in [0.5, 0.6) is 0 Å². The molecule has 3 aromatic rings. The second-order valence-corrected chi connectivity index (χ2v) is 5.29. The van der Waals surface area contributed by atoms with Gasteiger partial charge in [0, 0.05) is 18.0 Å². The molecule has 1 aromatic heterocycles. The van der Waals surface area contributed by atoms with E-state index < -0.39 is 0 Å². The van der Waals surface area contributed by atoms with Gasteiger partial charge in [-0.3, -0.25) is 9.78 Å². The van der Waals surface area contributed by atoms with Crippen LogP contribution in [0.2, 0.25) is 0 Å². The minimum Gasteiger partial charge on any atom is -0.273 e. The zero-order valence-corrected chi connectivity index (χ0v) is 12.9. The number of pyridine rings is 1. The van der Waals surface area contributed by atoms with Gasteiger partial charge >= 0.3 is 0 Å². The summed E-state index contributed by atoms with van der Waals surface area (Å²) in [5.74, 6) is -0.135. The molecule has 2 aromatic carbocycles. The topological polar surface area (TPSA) is 54.4 Å². The molecule has 0 bridgehead atoms. The lowest BCUT2D eigenvalue weighted by molar-refractivity contribution is -0.120. The molecule has 0 saturated heterocycles. The van der Waals surface area contributed by atoms with Crippen LogP contribution in [-0.2, 0) is 11.2 Å². The van der Waals surface area contributed by atoms with Crippen LogP contribution in [-0.4, -0.2) is 16.6 Å². The van der Waals surface area contributed by atoms with Gasteiger partial charge in [-0.15, -0.1) is 0 Å². The number of nitrogens with zero attached hydrogens (tertiary/aromatic N) is 2. The molecule has 1 heterocycles. The van der Waals surface area contributed by atoms with Crippen LogP contribution >= 0.6 is 0 Å². The maximum Gasteiger partial charge on any atom is 0.244 e. The van der Waals surface area contributed by atoms with Crippen molar-refractivity contribution in [3.8, 4) is 0 Å². The second kappa shape index (κ2) is 6.83. The molecule has 0 spiro atoms. The van der Waals surface area contributed by atoms with Crippen molar-refractivity contribution in [3.05, 3.63) is 78.1 Å². The summed E-state index contributed by atoms with van der Waals surface area (Å²) >= 11 is 0. The molecule has 0 saturated carbocycles. The number of aromatic nitrogens is 1. The van der Waals surface area contributed by atoms with Gasteiger partial charge in [0.05, 0.1) is 12.1 Å². The summed E-state index contributed by atoms with van der Waals surface area (Å²) < 4.78 is 0. The molecular weight excluding hydrogens is 286 g/mol. The number of carbonyl (C=O) groups excluding carboxylic acids is 1. The van der Waals surface area contributed by atoms with E-state index in [0.29, 0.717) is 6.42 Å². The van der Waals surface area contributed by atoms with E-state index in [2.05, 4.69) is 15.5 Å². The predicted molar refractivity (Wildman–Crippen MR) is 92.2 cm³/mol. The third-order valence-electron chi connectivity index (χ3n) is 3.66. The number of nitrogens with one attached hydrogen (secondary N) is 1. The number of hydrogen-bond acceptors (Lipinski definition) is 3. The summed E-state index contributed by atoms with van der Waals surface area (Å²) in [5.41, 5.74) is 5.22. The van der Waals surface area contributed by atoms with Crippen molar-refractivity contribution in [2.45, 2.75) is 13.3 Å². The zero-order chi connectivity index (χ0) is 16.1. The maximum absolute atomic E-state index is 12.2. The van der Waals surface area contributed by atoms with Crippen molar-refractivity contribution in [2.24, 2.45) is 5.10 Å². The number of rotatable bonds is 4. The lowest BCUT2D eigenvalue weighted by atomic mass is 10.0. The van der Waals surface area contributed by atoms with Crippen LogP contribution in [0.4, 0.5) is 0 Å². The summed E-state index contributed by atoms with van der Waals surface area (Å²) in [6, 6.07) is 17.8. The molecule has 0 aliphatic rings. The van der Waals surface area contributed by atoms with Gasteiger partial charge in [0.25, 0.3) is 0 Å². The van der Waals surface area contributed by atoms with Gasteiger partial charge in [-0.25, -0.2) is 5.43 Å². The highest BCUT2D eigenvalue weighted by Gasteiger charge is 2.06.